The van der Waals surface area contributed by atoms with Crippen LogP contribution in [-0.2, 0) is 4.79 Å². The third-order valence-corrected chi connectivity index (χ3v) is 7.92. The van der Waals surface area contributed by atoms with Gasteiger partial charge in [-0.1, -0.05) is 12.5 Å². The molecule has 1 spiro atoms. The Hall–Kier alpha value is -1.95. The van der Waals surface area contributed by atoms with Gasteiger partial charge in [0.1, 0.15) is 5.69 Å². The summed E-state index contributed by atoms with van der Waals surface area (Å²) in [7, 11) is 0. The lowest BCUT2D eigenvalue weighted by Gasteiger charge is -2.53. The highest BCUT2D eigenvalue weighted by Crippen LogP contribution is 2.53. The van der Waals surface area contributed by atoms with Crippen LogP contribution in [0.4, 0.5) is 0 Å². The predicted molar refractivity (Wildman–Crippen MR) is 110 cm³/mol. The summed E-state index contributed by atoms with van der Waals surface area (Å²) in [5.74, 6) is 0.635. The van der Waals surface area contributed by atoms with Crippen LogP contribution in [0.2, 0.25) is 0 Å². The fraction of sp³-hybridized carbons (Fsp3) is 0.696. The number of hydrogen-bond donors (Lipinski definition) is 0. The molecule has 0 bridgehead atoms. The van der Waals surface area contributed by atoms with E-state index in [1.54, 1.807) is 12.3 Å². The van der Waals surface area contributed by atoms with E-state index < -0.39 is 0 Å². The highest BCUT2D eigenvalue weighted by atomic mass is 16.2. The number of carbonyl (C=O) groups excluding carboxylic acids is 2. The first-order valence-electron chi connectivity index (χ1n) is 11.4. The molecule has 0 radical (unpaired) electrons. The zero-order valence-electron chi connectivity index (χ0n) is 17.3. The third kappa shape index (κ3) is 3.67. The molecular weight excluding hydrogens is 364 g/mol. The maximum atomic E-state index is 13.0. The number of hydrogen-bond acceptors (Lipinski definition) is 4. The van der Waals surface area contributed by atoms with Gasteiger partial charge in [0.2, 0.25) is 5.91 Å². The van der Waals surface area contributed by atoms with Crippen LogP contribution in [0.25, 0.3) is 0 Å². The van der Waals surface area contributed by atoms with Gasteiger partial charge in [-0.05, 0) is 56.1 Å². The third-order valence-electron chi connectivity index (χ3n) is 7.92. The van der Waals surface area contributed by atoms with E-state index in [1.807, 2.05) is 17.0 Å². The molecule has 5 rings (SSSR count). The molecule has 0 N–H and O–H groups in total. The minimum atomic E-state index is 0.0386. The summed E-state index contributed by atoms with van der Waals surface area (Å²) < 4.78 is 0. The topological polar surface area (TPSA) is 56.8 Å². The van der Waals surface area contributed by atoms with Gasteiger partial charge in [0.25, 0.3) is 5.91 Å². The maximum absolute atomic E-state index is 13.0. The van der Waals surface area contributed by atoms with Crippen molar-refractivity contribution < 1.29 is 9.59 Å². The molecule has 1 aromatic rings. The molecular formula is C23H32N4O2. The highest BCUT2D eigenvalue weighted by Gasteiger charge is 2.50. The van der Waals surface area contributed by atoms with E-state index >= 15 is 0 Å². The zero-order chi connectivity index (χ0) is 19.8. The number of amides is 2. The van der Waals surface area contributed by atoms with Crippen LogP contribution in [-0.4, -0.2) is 76.8 Å². The van der Waals surface area contributed by atoms with Crippen molar-refractivity contribution >= 4 is 11.8 Å². The summed E-state index contributed by atoms with van der Waals surface area (Å²) in [6.07, 6.45) is 9.81. The molecule has 2 saturated carbocycles. The Kier molecular flexibility index (Phi) is 5.06. The first-order chi connectivity index (χ1) is 14.1. The highest BCUT2D eigenvalue weighted by molar-refractivity contribution is 5.92. The Balaban J connectivity index is 1.08. The van der Waals surface area contributed by atoms with Crippen molar-refractivity contribution in [3.05, 3.63) is 30.1 Å². The fourth-order valence-corrected chi connectivity index (χ4v) is 5.72. The molecule has 2 aliphatic heterocycles. The second-order valence-electron chi connectivity index (χ2n) is 9.56. The van der Waals surface area contributed by atoms with Gasteiger partial charge in [-0.25, -0.2) is 0 Å². The number of piperazine rings is 1. The molecule has 6 nitrogen and oxygen atoms in total. The number of likely N-dealkylation sites (tertiary alicyclic amines) is 1. The summed E-state index contributed by atoms with van der Waals surface area (Å²) in [4.78, 5) is 36.4. The van der Waals surface area contributed by atoms with Crippen LogP contribution in [0.15, 0.2) is 24.4 Å². The number of pyridine rings is 1. The van der Waals surface area contributed by atoms with Gasteiger partial charge in [0.15, 0.2) is 0 Å². The summed E-state index contributed by atoms with van der Waals surface area (Å²) >= 11 is 0. The SMILES string of the molecule is O=C(c1ccccn1)N1CCC2(CC1)CC(C(=O)N1CCN(C3CCC3)CC1)C2. The second kappa shape index (κ2) is 7.71. The number of aromatic nitrogens is 1. The Morgan fingerprint density at radius 2 is 1.66 bits per heavy atom. The van der Waals surface area contributed by atoms with E-state index in [0.29, 0.717) is 11.6 Å². The van der Waals surface area contributed by atoms with Gasteiger partial charge >= 0.3 is 0 Å². The van der Waals surface area contributed by atoms with Crippen molar-refractivity contribution in [2.24, 2.45) is 11.3 Å². The Morgan fingerprint density at radius 1 is 0.931 bits per heavy atom. The summed E-state index contributed by atoms with van der Waals surface area (Å²) in [6.45, 7) is 5.50. The molecule has 4 fully saturated rings. The number of nitrogens with zero attached hydrogens (tertiary/aromatic N) is 4. The molecule has 0 aromatic carbocycles. The average Bonchev–Trinajstić information content (AvgIpc) is 2.71. The van der Waals surface area contributed by atoms with Crippen molar-refractivity contribution in [1.29, 1.82) is 0 Å². The standard InChI is InChI=1S/C23H32N4O2/c28-21(27-14-12-25(13-15-27)19-4-3-5-19)18-16-23(17-18)7-10-26(11-8-23)22(29)20-6-1-2-9-24-20/h1-2,6,9,18-19H,3-5,7-8,10-17H2. The van der Waals surface area contributed by atoms with Crippen LogP contribution in [0, 0.1) is 11.3 Å². The number of carbonyl (C=O) groups is 2. The lowest BCUT2D eigenvalue weighted by molar-refractivity contribution is -0.148. The minimum Gasteiger partial charge on any atom is -0.340 e. The van der Waals surface area contributed by atoms with Gasteiger partial charge in [-0.2, -0.15) is 0 Å². The molecule has 4 aliphatic rings. The summed E-state index contributed by atoms with van der Waals surface area (Å²) in [5.41, 5.74) is 0.820. The summed E-state index contributed by atoms with van der Waals surface area (Å²) in [6, 6.07) is 6.27. The van der Waals surface area contributed by atoms with Crippen LogP contribution in [0.1, 0.15) is 55.4 Å². The van der Waals surface area contributed by atoms with Crippen LogP contribution in [0.5, 0.6) is 0 Å². The Morgan fingerprint density at radius 3 is 2.24 bits per heavy atom. The van der Waals surface area contributed by atoms with Gasteiger partial charge in [-0.15, -0.1) is 0 Å². The molecule has 6 heteroatoms. The predicted octanol–water partition coefficient (Wildman–Crippen LogP) is 2.41. The fourth-order valence-electron chi connectivity index (χ4n) is 5.72. The molecule has 1 aromatic heterocycles. The van der Waals surface area contributed by atoms with Crippen LogP contribution < -0.4 is 0 Å². The van der Waals surface area contributed by atoms with Crippen LogP contribution >= 0.6 is 0 Å². The van der Waals surface area contributed by atoms with Crippen molar-refractivity contribution in [3.63, 3.8) is 0 Å². The smallest absolute Gasteiger partial charge is 0.272 e. The van der Waals surface area contributed by atoms with E-state index in [0.717, 1.165) is 71.0 Å². The van der Waals surface area contributed by atoms with E-state index in [9.17, 15) is 9.59 Å². The molecule has 0 atom stereocenters. The molecule has 2 amide bonds. The largest absolute Gasteiger partial charge is 0.340 e. The van der Waals surface area contributed by atoms with Crippen molar-refractivity contribution in [2.45, 2.75) is 51.0 Å². The lowest BCUT2D eigenvalue weighted by atomic mass is 9.57. The van der Waals surface area contributed by atoms with E-state index in [4.69, 9.17) is 0 Å². The van der Waals surface area contributed by atoms with E-state index in [-0.39, 0.29) is 17.2 Å². The monoisotopic (exact) mass is 396 g/mol. The number of rotatable bonds is 3. The van der Waals surface area contributed by atoms with Crippen molar-refractivity contribution in [3.8, 4) is 0 Å². The quantitative estimate of drug-likeness (QED) is 0.787. The first-order valence-corrected chi connectivity index (χ1v) is 11.4. The number of piperidine rings is 1. The molecule has 3 heterocycles. The molecule has 2 saturated heterocycles. The van der Waals surface area contributed by atoms with Gasteiger partial charge in [0, 0.05) is 57.4 Å². The van der Waals surface area contributed by atoms with E-state index in [2.05, 4.69) is 14.8 Å². The van der Waals surface area contributed by atoms with Gasteiger partial charge < -0.3 is 9.80 Å². The lowest BCUT2D eigenvalue weighted by Crippen LogP contribution is -2.57. The molecule has 29 heavy (non-hydrogen) atoms. The van der Waals surface area contributed by atoms with Gasteiger partial charge in [-0.3, -0.25) is 19.5 Å². The van der Waals surface area contributed by atoms with Gasteiger partial charge in [0.05, 0.1) is 0 Å². The zero-order valence-corrected chi connectivity index (χ0v) is 17.3. The molecule has 2 aliphatic carbocycles. The van der Waals surface area contributed by atoms with Crippen molar-refractivity contribution in [1.82, 2.24) is 19.7 Å². The summed E-state index contributed by atoms with van der Waals surface area (Å²) in [5, 5.41) is 0. The maximum Gasteiger partial charge on any atom is 0.272 e. The van der Waals surface area contributed by atoms with Crippen molar-refractivity contribution in [2.75, 3.05) is 39.3 Å². The Bertz CT molecular complexity index is 739. The second-order valence-corrected chi connectivity index (χ2v) is 9.56. The van der Waals surface area contributed by atoms with Crippen LogP contribution in [0.3, 0.4) is 0 Å². The average molecular weight is 397 g/mol. The normalized spacial score (nSPS) is 25.5. The molecule has 0 unspecified atom stereocenters. The minimum absolute atomic E-state index is 0.0386. The Labute approximate surface area is 173 Å². The van der Waals surface area contributed by atoms with E-state index in [1.165, 1.54) is 19.3 Å². The molecule has 156 valence electrons. The first kappa shape index (κ1) is 19.0.